The molecule has 156 valence electrons. The number of aliphatic imine (C=N–C) groups is 1. The number of hydrogen-bond donors (Lipinski definition) is 1. The molecular formula is C21H34IN5O. The zero-order valence-electron chi connectivity index (χ0n) is 17.9. The van der Waals surface area contributed by atoms with Gasteiger partial charge in [0.05, 0.1) is 12.8 Å². The number of aromatic nitrogens is 2. The highest BCUT2D eigenvalue weighted by Crippen LogP contribution is 2.18. The molecule has 0 fully saturated rings. The normalized spacial score (nSPS) is 11.3. The van der Waals surface area contributed by atoms with Gasteiger partial charge in [0.1, 0.15) is 5.75 Å². The second kappa shape index (κ2) is 11.9. The molecule has 0 aliphatic carbocycles. The van der Waals surface area contributed by atoms with Gasteiger partial charge in [0, 0.05) is 45.5 Å². The molecule has 0 aliphatic heterocycles. The number of ether oxygens (including phenoxy) is 1. The highest BCUT2D eigenvalue weighted by atomic mass is 127. The third kappa shape index (κ3) is 7.00. The summed E-state index contributed by atoms with van der Waals surface area (Å²) in [5.74, 6) is 2.21. The Labute approximate surface area is 186 Å². The van der Waals surface area contributed by atoms with Crippen LogP contribution in [0.1, 0.15) is 43.5 Å². The molecule has 1 aromatic carbocycles. The predicted octanol–water partition coefficient (Wildman–Crippen LogP) is 3.81. The van der Waals surface area contributed by atoms with Gasteiger partial charge in [0.2, 0.25) is 0 Å². The molecule has 0 unspecified atom stereocenters. The molecule has 0 saturated carbocycles. The van der Waals surface area contributed by atoms with Crippen LogP contribution in [-0.2, 0) is 20.0 Å². The molecule has 1 N–H and O–H groups in total. The van der Waals surface area contributed by atoms with Gasteiger partial charge in [-0.3, -0.25) is 9.67 Å². The van der Waals surface area contributed by atoms with Crippen LogP contribution in [0.15, 0.2) is 35.5 Å². The van der Waals surface area contributed by atoms with E-state index in [1.54, 1.807) is 7.11 Å². The fraction of sp³-hybridized carbons (Fsp3) is 0.524. The Morgan fingerprint density at radius 3 is 2.54 bits per heavy atom. The monoisotopic (exact) mass is 499 g/mol. The minimum Gasteiger partial charge on any atom is -0.497 e. The summed E-state index contributed by atoms with van der Waals surface area (Å²) in [5.41, 5.74) is 3.65. The van der Waals surface area contributed by atoms with Crippen molar-refractivity contribution in [2.24, 2.45) is 12.0 Å². The number of halogens is 1. The molecule has 0 amide bonds. The van der Waals surface area contributed by atoms with Gasteiger partial charge in [-0.05, 0) is 37.0 Å². The van der Waals surface area contributed by atoms with Crippen molar-refractivity contribution >= 4 is 29.9 Å². The van der Waals surface area contributed by atoms with Crippen LogP contribution in [0.5, 0.6) is 5.75 Å². The molecule has 28 heavy (non-hydrogen) atoms. The van der Waals surface area contributed by atoms with Crippen molar-refractivity contribution in [2.45, 2.75) is 39.7 Å². The van der Waals surface area contributed by atoms with Gasteiger partial charge in [-0.1, -0.05) is 26.0 Å². The van der Waals surface area contributed by atoms with Gasteiger partial charge < -0.3 is 15.0 Å². The minimum atomic E-state index is 0. The lowest BCUT2D eigenvalue weighted by atomic mass is 10.1. The largest absolute Gasteiger partial charge is 0.497 e. The van der Waals surface area contributed by atoms with Gasteiger partial charge in [0.25, 0.3) is 0 Å². The highest BCUT2D eigenvalue weighted by Gasteiger charge is 2.15. The first-order chi connectivity index (χ1) is 12.9. The van der Waals surface area contributed by atoms with Gasteiger partial charge >= 0.3 is 0 Å². The summed E-state index contributed by atoms with van der Waals surface area (Å²) in [6.07, 6.45) is 3.00. The van der Waals surface area contributed by atoms with Crippen LogP contribution in [0.3, 0.4) is 0 Å². The molecular weight excluding hydrogens is 465 g/mol. The molecule has 7 heteroatoms. The van der Waals surface area contributed by atoms with Crippen molar-refractivity contribution in [3.63, 3.8) is 0 Å². The lowest BCUT2D eigenvalue weighted by molar-refractivity contribution is 0.414. The molecule has 0 aliphatic rings. The van der Waals surface area contributed by atoms with E-state index in [0.29, 0.717) is 5.92 Å². The molecule has 1 heterocycles. The van der Waals surface area contributed by atoms with Crippen LogP contribution in [0.25, 0.3) is 0 Å². The second-order valence-corrected chi connectivity index (χ2v) is 7.06. The fourth-order valence-corrected chi connectivity index (χ4v) is 3.05. The SMILES string of the molecule is CCNC(=NCCc1ccc(OC)cc1)N(C)Cc1cn(C)nc1C(C)C.I. The van der Waals surface area contributed by atoms with Crippen LogP contribution < -0.4 is 10.1 Å². The molecule has 2 rings (SSSR count). The number of methoxy groups -OCH3 is 1. The van der Waals surface area contributed by atoms with E-state index in [0.717, 1.165) is 43.5 Å². The van der Waals surface area contributed by atoms with Crippen molar-refractivity contribution in [1.82, 2.24) is 20.0 Å². The van der Waals surface area contributed by atoms with E-state index in [9.17, 15) is 0 Å². The number of guanidine groups is 1. The Balaban J connectivity index is 0.00000392. The first kappa shape index (κ1) is 24.3. The summed E-state index contributed by atoms with van der Waals surface area (Å²) in [4.78, 5) is 6.97. The number of rotatable bonds is 8. The van der Waals surface area contributed by atoms with Crippen LogP contribution in [-0.4, -0.2) is 47.9 Å². The summed E-state index contributed by atoms with van der Waals surface area (Å²) in [7, 11) is 5.74. The van der Waals surface area contributed by atoms with Gasteiger partial charge in [-0.15, -0.1) is 24.0 Å². The molecule has 6 nitrogen and oxygen atoms in total. The zero-order chi connectivity index (χ0) is 19.8. The first-order valence-electron chi connectivity index (χ1n) is 9.59. The van der Waals surface area contributed by atoms with Crippen LogP contribution >= 0.6 is 24.0 Å². The average molecular weight is 499 g/mol. The van der Waals surface area contributed by atoms with E-state index in [1.807, 2.05) is 23.9 Å². The third-order valence-electron chi connectivity index (χ3n) is 4.41. The lowest BCUT2D eigenvalue weighted by Crippen LogP contribution is -2.38. The molecule has 0 saturated heterocycles. The predicted molar refractivity (Wildman–Crippen MR) is 127 cm³/mol. The second-order valence-electron chi connectivity index (χ2n) is 7.06. The van der Waals surface area contributed by atoms with Crippen LogP contribution in [0, 0.1) is 0 Å². The minimum absolute atomic E-state index is 0. The topological polar surface area (TPSA) is 54.7 Å². The van der Waals surface area contributed by atoms with Crippen molar-refractivity contribution in [2.75, 3.05) is 27.2 Å². The first-order valence-corrected chi connectivity index (χ1v) is 9.59. The maximum atomic E-state index is 5.21. The number of benzene rings is 1. The van der Waals surface area contributed by atoms with Crippen molar-refractivity contribution in [1.29, 1.82) is 0 Å². The molecule has 0 bridgehead atoms. The molecule has 0 spiro atoms. The van der Waals surface area contributed by atoms with Crippen LogP contribution in [0.4, 0.5) is 0 Å². The van der Waals surface area contributed by atoms with E-state index in [-0.39, 0.29) is 24.0 Å². The summed E-state index contributed by atoms with van der Waals surface area (Å²) in [6, 6.07) is 8.17. The van der Waals surface area contributed by atoms with E-state index in [1.165, 1.54) is 11.1 Å². The third-order valence-corrected chi connectivity index (χ3v) is 4.41. The smallest absolute Gasteiger partial charge is 0.193 e. The average Bonchev–Trinajstić information content (AvgIpc) is 3.02. The highest BCUT2D eigenvalue weighted by molar-refractivity contribution is 14.0. The summed E-state index contributed by atoms with van der Waals surface area (Å²) >= 11 is 0. The lowest BCUT2D eigenvalue weighted by Gasteiger charge is -2.22. The van der Waals surface area contributed by atoms with Crippen molar-refractivity contribution < 1.29 is 4.74 Å². The molecule has 2 aromatic rings. The van der Waals surface area contributed by atoms with E-state index in [4.69, 9.17) is 9.73 Å². The Morgan fingerprint density at radius 1 is 1.29 bits per heavy atom. The summed E-state index contributed by atoms with van der Waals surface area (Å²) in [5, 5.41) is 8.00. The Morgan fingerprint density at radius 2 is 1.96 bits per heavy atom. The maximum absolute atomic E-state index is 5.21. The number of nitrogens with one attached hydrogen (secondary N) is 1. The van der Waals surface area contributed by atoms with Gasteiger partial charge in [-0.2, -0.15) is 5.10 Å². The number of aryl methyl sites for hydroxylation is 1. The Hall–Kier alpha value is -1.77. The Kier molecular flexibility index (Phi) is 10.3. The zero-order valence-corrected chi connectivity index (χ0v) is 20.2. The van der Waals surface area contributed by atoms with Gasteiger partial charge in [0.15, 0.2) is 5.96 Å². The van der Waals surface area contributed by atoms with Crippen molar-refractivity contribution in [3.8, 4) is 5.75 Å². The van der Waals surface area contributed by atoms with E-state index in [2.05, 4.69) is 61.5 Å². The number of hydrogen-bond acceptors (Lipinski definition) is 3. The van der Waals surface area contributed by atoms with E-state index < -0.39 is 0 Å². The molecule has 1 aromatic heterocycles. The number of nitrogens with zero attached hydrogens (tertiary/aromatic N) is 4. The standard InChI is InChI=1S/C21H33N5O.HI/c1-7-22-21(23-13-12-17-8-10-19(27-6)11-9-17)25(4)14-18-15-26(5)24-20(18)16(2)3;/h8-11,15-16H,7,12-14H2,1-6H3,(H,22,23);1H. The summed E-state index contributed by atoms with van der Waals surface area (Å²) in [6.45, 7) is 8.82. The molecule has 0 atom stereocenters. The fourth-order valence-electron chi connectivity index (χ4n) is 3.05. The van der Waals surface area contributed by atoms with E-state index >= 15 is 0 Å². The van der Waals surface area contributed by atoms with Gasteiger partial charge in [-0.25, -0.2) is 0 Å². The quantitative estimate of drug-likeness (QED) is 0.341. The molecule has 0 radical (unpaired) electrons. The van der Waals surface area contributed by atoms with Crippen molar-refractivity contribution in [3.05, 3.63) is 47.3 Å². The summed E-state index contributed by atoms with van der Waals surface area (Å²) < 4.78 is 7.10. The Bertz CT molecular complexity index is 740. The van der Waals surface area contributed by atoms with Crippen LogP contribution in [0.2, 0.25) is 0 Å². The maximum Gasteiger partial charge on any atom is 0.193 e.